The third-order valence-electron chi connectivity index (χ3n) is 2.86. The lowest BCUT2D eigenvalue weighted by Crippen LogP contribution is -2.22. The lowest BCUT2D eigenvalue weighted by molar-refractivity contribution is -0.141. The van der Waals surface area contributed by atoms with Gasteiger partial charge in [-0.25, -0.2) is 4.98 Å². The molecule has 1 aromatic heterocycles. The zero-order chi connectivity index (χ0) is 17.9. The van der Waals surface area contributed by atoms with Gasteiger partial charge in [0.1, 0.15) is 5.82 Å². The predicted molar refractivity (Wildman–Crippen MR) is 94.7 cm³/mol. The Bertz CT molecular complexity index is 730. The summed E-state index contributed by atoms with van der Waals surface area (Å²) in [5, 5.41) is 14.7. The number of nitrogens with zero attached hydrogens (tertiary/aromatic N) is 2. The highest BCUT2D eigenvalue weighted by Gasteiger charge is 2.34. The monoisotopic (exact) mass is 472 g/mol. The Kier molecular flexibility index (Phi) is 6.10. The largest absolute Gasteiger partial charge is 0.433 e. The van der Waals surface area contributed by atoms with E-state index in [1.165, 1.54) is 0 Å². The van der Waals surface area contributed by atoms with Crippen LogP contribution in [0.15, 0.2) is 24.3 Å². The van der Waals surface area contributed by atoms with Crippen molar-refractivity contribution in [3.8, 4) is 0 Å². The third kappa shape index (κ3) is 5.08. The van der Waals surface area contributed by atoms with Gasteiger partial charge in [-0.2, -0.15) is 18.2 Å². The number of aliphatic hydroxyl groups excluding tert-OH is 1. The van der Waals surface area contributed by atoms with Crippen molar-refractivity contribution in [2.75, 3.05) is 17.2 Å². The summed E-state index contributed by atoms with van der Waals surface area (Å²) in [7, 11) is 0. The Morgan fingerprint density at radius 3 is 2.58 bits per heavy atom. The summed E-state index contributed by atoms with van der Waals surface area (Å²) in [5.74, 6) is -0.302. The van der Waals surface area contributed by atoms with E-state index in [9.17, 15) is 13.2 Å². The minimum absolute atomic E-state index is 0.0620. The molecule has 0 unspecified atom stereocenters. The summed E-state index contributed by atoms with van der Waals surface area (Å²) in [5.41, 5.74) is -0.681. The first-order valence-electron chi connectivity index (χ1n) is 6.75. The second kappa shape index (κ2) is 7.70. The average Bonchev–Trinajstić information content (AvgIpc) is 2.49. The number of alkyl halides is 3. The summed E-state index contributed by atoms with van der Waals surface area (Å²) < 4.78 is 39.9. The molecule has 10 heteroatoms. The van der Waals surface area contributed by atoms with Gasteiger partial charge in [-0.15, -0.1) is 0 Å². The van der Waals surface area contributed by atoms with Gasteiger partial charge in [0.2, 0.25) is 5.95 Å². The Balaban J connectivity index is 2.38. The fraction of sp³-hybridized carbons (Fsp3) is 0.286. The molecule has 1 heterocycles. The quantitative estimate of drug-likeness (QED) is 0.567. The first kappa shape index (κ1) is 19.0. The van der Waals surface area contributed by atoms with Crippen LogP contribution in [0, 0.1) is 3.57 Å². The molecule has 0 radical (unpaired) electrons. The average molecular weight is 473 g/mol. The minimum atomic E-state index is -4.63. The van der Waals surface area contributed by atoms with Crippen LogP contribution in [0.1, 0.15) is 12.6 Å². The number of halogens is 5. The van der Waals surface area contributed by atoms with Crippen molar-refractivity contribution in [1.29, 1.82) is 0 Å². The van der Waals surface area contributed by atoms with Gasteiger partial charge in [0.25, 0.3) is 0 Å². The van der Waals surface area contributed by atoms with Gasteiger partial charge in [0.05, 0.1) is 17.3 Å². The van der Waals surface area contributed by atoms with Crippen LogP contribution in [0.4, 0.5) is 30.6 Å². The van der Waals surface area contributed by atoms with Gasteiger partial charge in [-0.05, 0) is 47.7 Å². The first-order valence-corrected chi connectivity index (χ1v) is 8.20. The van der Waals surface area contributed by atoms with E-state index in [0.717, 1.165) is 9.64 Å². The van der Waals surface area contributed by atoms with E-state index in [1.54, 1.807) is 25.1 Å². The number of anilines is 3. The number of nitrogens with one attached hydrogen (secondary N) is 2. The SMILES string of the molecule is C[C@H](CO)Nc1nc(Nc2ccc(I)cc2Cl)cc(C(F)(F)F)n1. The lowest BCUT2D eigenvalue weighted by atomic mass is 10.3. The minimum Gasteiger partial charge on any atom is -0.394 e. The maximum Gasteiger partial charge on any atom is 0.433 e. The van der Waals surface area contributed by atoms with Gasteiger partial charge in [0.15, 0.2) is 5.69 Å². The Morgan fingerprint density at radius 2 is 2.00 bits per heavy atom. The summed E-state index contributed by atoms with van der Waals surface area (Å²) in [6.07, 6.45) is -4.63. The predicted octanol–water partition coefficient (Wildman–Crippen LogP) is 4.29. The Morgan fingerprint density at radius 1 is 1.29 bits per heavy atom. The van der Waals surface area contributed by atoms with Crippen LogP contribution in [0.2, 0.25) is 5.02 Å². The fourth-order valence-electron chi connectivity index (χ4n) is 1.72. The van der Waals surface area contributed by atoms with Crippen molar-refractivity contribution < 1.29 is 18.3 Å². The number of hydrogen-bond donors (Lipinski definition) is 3. The Labute approximate surface area is 154 Å². The van der Waals surface area contributed by atoms with Gasteiger partial charge >= 0.3 is 6.18 Å². The maximum absolute atomic E-state index is 13.0. The lowest BCUT2D eigenvalue weighted by Gasteiger charge is -2.15. The molecule has 0 aliphatic carbocycles. The molecule has 2 rings (SSSR count). The van der Waals surface area contributed by atoms with Crippen molar-refractivity contribution in [3.63, 3.8) is 0 Å². The van der Waals surface area contributed by atoms with Crippen LogP contribution in [0.25, 0.3) is 0 Å². The molecule has 0 saturated carbocycles. The molecule has 0 fully saturated rings. The molecule has 2 aromatic rings. The van der Waals surface area contributed by atoms with Gasteiger partial charge < -0.3 is 15.7 Å². The van der Waals surface area contributed by atoms with E-state index in [4.69, 9.17) is 16.7 Å². The van der Waals surface area contributed by atoms with Crippen molar-refractivity contribution in [3.05, 3.63) is 38.6 Å². The zero-order valence-electron chi connectivity index (χ0n) is 12.3. The summed E-state index contributed by atoms with van der Waals surface area (Å²) >= 11 is 8.15. The fourth-order valence-corrected chi connectivity index (χ4v) is 2.62. The van der Waals surface area contributed by atoms with Crippen molar-refractivity contribution in [2.45, 2.75) is 19.1 Å². The van der Waals surface area contributed by atoms with Crippen LogP contribution < -0.4 is 10.6 Å². The first-order chi connectivity index (χ1) is 11.2. The maximum atomic E-state index is 13.0. The smallest absolute Gasteiger partial charge is 0.394 e. The van der Waals surface area contributed by atoms with Gasteiger partial charge in [-0.3, -0.25) is 0 Å². The number of hydrogen-bond acceptors (Lipinski definition) is 5. The molecular weight excluding hydrogens is 460 g/mol. The number of aromatic nitrogens is 2. The van der Waals surface area contributed by atoms with Crippen LogP contribution in [-0.2, 0) is 6.18 Å². The number of benzene rings is 1. The molecule has 24 heavy (non-hydrogen) atoms. The Hall–Kier alpha value is -1.33. The summed E-state index contributed by atoms with van der Waals surface area (Å²) in [6.45, 7) is 1.32. The summed E-state index contributed by atoms with van der Waals surface area (Å²) in [4.78, 5) is 7.43. The van der Waals surface area contributed by atoms with Crippen LogP contribution in [0.5, 0.6) is 0 Å². The second-order valence-corrected chi connectivity index (χ2v) is 6.59. The topological polar surface area (TPSA) is 70.1 Å². The van der Waals surface area contributed by atoms with Gasteiger partial charge in [0, 0.05) is 15.7 Å². The van der Waals surface area contributed by atoms with Crippen molar-refractivity contribution >= 4 is 51.6 Å². The number of aliphatic hydroxyl groups is 1. The molecule has 0 saturated heterocycles. The molecule has 0 spiro atoms. The normalized spacial score (nSPS) is 12.8. The highest BCUT2D eigenvalue weighted by molar-refractivity contribution is 14.1. The van der Waals surface area contributed by atoms with E-state index < -0.39 is 17.9 Å². The highest BCUT2D eigenvalue weighted by Crippen LogP contribution is 2.32. The number of rotatable bonds is 5. The highest BCUT2D eigenvalue weighted by atomic mass is 127. The third-order valence-corrected chi connectivity index (χ3v) is 3.84. The van der Waals surface area contributed by atoms with E-state index in [1.807, 2.05) is 0 Å². The molecule has 130 valence electrons. The standard InChI is InChI=1S/C14H13ClF3IN4O/c1-7(6-24)20-13-22-11(14(16,17)18)5-12(23-13)21-10-3-2-8(19)4-9(10)15/h2-5,7,24H,6H2,1H3,(H2,20,21,22,23)/t7-/m1/s1. The molecule has 0 aliphatic heterocycles. The molecule has 5 nitrogen and oxygen atoms in total. The second-order valence-electron chi connectivity index (χ2n) is 4.94. The van der Waals surface area contributed by atoms with Gasteiger partial charge in [-0.1, -0.05) is 11.6 Å². The van der Waals surface area contributed by atoms with E-state index >= 15 is 0 Å². The van der Waals surface area contributed by atoms with Crippen LogP contribution in [-0.4, -0.2) is 27.7 Å². The molecule has 0 amide bonds. The van der Waals surface area contributed by atoms with Crippen molar-refractivity contribution in [1.82, 2.24) is 9.97 Å². The van der Waals surface area contributed by atoms with Crippen molar-refractivity contribution in [2.24, 2.45) is 0 Å². The molecule has 3 N–H and O–H groups in total. The van der Waals surface area contributed by atoms with E-state index in [0.29, 0.717) is 10.7 Å². The van der Waals surface area contributed by atoms with E-state index in [2.05, 4.69) is 43.2 Å². The zero-order valence-corrected chi connectivity index (χ0v) is 15.2. The molecule has 1 atom stereocenters. The molecule has 1 aromatic carbocycles. The van der Waals surface area contributed by atoms with Crippen LogP contribution >= 0.6 is 34.2 Å². The summed E-state index contributed by atoms with van der Waals surface area (Å²) in [6, 6.07) is 5.37. The molecular formula is C14H13ClF3IN4O. The molecule has 0 bridgehead atoms. The van der Waals surface area contributed by atoms with E-state index in [-0.39, 0.29) is 18.4 Å². The van der Waals surface area contributed by atoms with Crippen LogP contribution in [0.3, 0.4) is 0 Å². The molecule has 0 aliphatic rings.